The van der Waals surface area contributed by atoms with E-state index in [9.17, 15) is 40.3 Å². The number of nitrogens with one attached hydrogen (secondary N) is 1. The zero-order valence-corrected chi connectivity index (χ0v) is 23.5. The first-order chi connectivity index (χ1) is 21.1. The van der Waals surface area contributed by atoms with Crippen LogP contribution in [0.4, 0.5) is 30.7 Å². The molecule has 2 aromatic carbocycles. The Bertz CT molecular complexity index is 1590. The van der Waals surface area contributed by atoms with Gasteiger partial charge >= 0.3 is 12.4 Å². The average molecular weight is 635 g/mol. The predicted molar refractivity (Wildman–Crippen MR) is 144 cm³/mol. The van der Waals surface area contributed by atoms with Crippen LogP contribution in [0.5, 0.6) is 0 Å². The molecule has 3 heterocycles. The van der Waals surface area contributed by atoms with Gasteiger partial charge in [0.15, 0.2) is 0 Å². The maximum Gasteiger partial charge on any atom is 0.416 e. The molecule has 2 amide bonds. The average Bonchev–Trinajstić information content (AvgIpc) is 3.34. The van der Waals surface area contributed by atoms with Crippen LogP contribution in [0.2, 0.25) is 0 Å². The predicted octanol–water partition coefficient (Wildman–Crippen LogP) is 6.16. The second-order valence-electron chi connectivity index (χ2n) is 11.0. The zero-order valence-electron chi connectivity index (χ0n) is 23.5. The normalized spacial score (nSPS) is 22.5. The molecule has 0 aliphatic carbocycles. The molecule has 1 unspecified atom stereocenters. The van der Waals surface area contributed by atoms with Crippen molar-refractivity contribution in [2.24, 2.45) is 0 Å². The number of benzene rings is 2. The standard InChI is InChI=1S/C31H25F7N4O3/c1-16(19-8-20(30(33,34)35)10-21(9-19)31(36,37)38)45-26-15-42-25(28(26)17-2-5-22(32)6-3-17)11-24(12-27(42)43)41-29(44)18-4-7-23(13-39)40-14-18/h2-10,14,16,24-26,28H,11-12,15H2,1H3,(H,41,44)/t16-,24?,25+,26+,28+/m1/s1. The second kappa shape index (κ2) is 12.1. The molecule has 0 bridgehead atoms. The first-order valence-electron chi connectivity index (χ1n) is 13.8. The Morgan fingerprint density at radius 3 is 2.24 bits per heavy atom. The van der Waals surface area contributed by atoms with Crippen molar-refractivity contribution in [3.8, 4) is 6.07 Å². The number of alkyl halides is 6. The van der Waals surface area contributed by atoms with E-state index in [0.717, 1.165) is 0 Å². The van der Waals surface area contributed by atoms with E-state index < -0.39 is 65.4 Å². The summed E-state index contributed by atoms with van der Waals surface area (Å²) >= 11 is 0. The lowest BCUT2D eigenvalue weighted by molar-refractivity contribution is -0.143. The number of carbonyl (C=O) groups is 2. The van der Waals surface area contributed by atoms with E-state index in [1.807, 2.05) is 6.07 Å². The van der Waals surface area contributed by atoms with Gasteiger partial charge in [-0.05, 0) is 66.9 Å². The molecule has 236 valence electrons. The number of ether oxygens (including phenoxy) is 1. The van der Waals surface area contributed by atoms with Gasteiger partial charge in [0.05, 0.1) is 28.9 Å². The zero-order chi connectivity index (χ0) is 32.7. The number of hydrogen-bond acceptors (Lipinski definition) is 5. The van der Waals surface area contributed by atoms with Gasteiger partial charge in [0.1, 0.15) is 17.6 Å². The number of pyridine rings is 1. The van der Waals surface area contributed by atoms with Crippen molar-refractivity contribution in [2.45, 2.75) is 62.3 Å². The van der Waals surface area contributed by atoms with Crippen molar-refractivity contribution in [2.75, 3.05) is 6.54 Å². The molecule has 2 aliphatic heterocycles. The molecule has 5 rings (SSSR count). The van der Waals surface area contributed by atoms with Gasteiger partial charge in [-0.1, -0.05) is 12.1 Å². The topological polar surface area (TPSA) is 95.3 Å². The van der Waals surface area contributed by atoms with Gasteiger partial charge in [-0.2, -0.15) is 31.6 Å². The largest absolute Gasteiger partial charge is 0.416 e. The molecule has 5 atom stereocenters. The summed E-state index contributed by atoms with van der Waals surface area (Å²) in [6.07, 6.45) is -10.8. The molecule has 45 heavy (non-hydrogen) atoms. The van der Waals surface area contributed by atoms with Gasteiger partial charge in [-0.3, -0.25) is 9.59 Å². The molecule has 1 aromatic heterocycles. The summed E-state index contributed by atoms with van der Waals surface area (Å²) in [5.74, 6) is -2.06. The Morgan fingerprint density at radius 1 is 1.04 bits per heavy atom. The van der Waals surface area contributed by atoms with Gasteiger partial charge in [0.2, 0.25) is 5.91 Å². The van der Waals surface area contributed by atoms with Crippen LogP contribution in [0, 0.1) is 17.1 Å². The minimum absolute atomic E-state index is 0.0266. The van der Waals surface area contributed by atoms with Crippen LogP contribution < -0.4 is 5.32 Å². The highest BCUT2D eigenvalue weighted by Crippen LogP contribution is 2.44. The lowest BCUT2D eigenvalue weighted by atomic mass is 9.84. The minimum Gasteiger partial charge on any atom is -0.368 e. The van der Waals surface area contributed by atoms with E-state index in [2.05, 4.69) is 10.3 Å². The third kappa shape index (κ3) is 6.93. The molecule has 2 saturated heterocycles. The highest BCUT2D eigenvalue weighted by atomic mass is 19.4. The quantitative estimate of drug-likeness (QED) is 0.328. The number of nitriles is 1. The van der Waals surface area contributed by atoms with Crippen LogP contribution in [0.15, 0.2) is 60.8 Å². The third-order valence-corrected chi connectivity index (χ3v) is 8.05. The summed E-state index contributed by atoms with van der Waals surface area (Å²) in [7, 11) is 0. The fourth-order valence-corrected chi connectivity index (χ4v) is 5.92. The number of hydrogen-bond donors (Lipinski definition) is 1. The van der Waals surface area contributed by atoms with Crippen molar-refractivity contribution in [3.63, 3.8) is 0 Å². The van der Waals surface area contributed by atoms with Crippen LogP contribution >= 0.6 is 0 Å². The monoisotopic (exact) mass is 634 g/mol. The number of halogens is 7. The fraction of sp³-hybridized carbons (Fsp3) is 0.355. The van der Waals surface area contributed by atoms with E-state index in [0.29, 0.717) is 17.7 Å². The van der Waals surface area contributed by atoms with Crippen LogP contribution in [-0.4, -0.2) is 46.4 Å². The summed E-state index contributed by atoms with van der Waals surface area (Å²) in [6.45, 7) is 1.30. The number of nitrogens with zero attached hydrogens (tertiary/aromatic N) is 3. The minimum atomic E-state index is -5.04. The molecule has 0 saturated carbocycles. The van der Waals surface area contributed by atoms with E-state index >= 15 is 0 Å². The van der Waals surface area contributed by atoms with Gasteiger partial charge < -0.3 is 15.0 Å². The fourth-order valence-electron chi connectivity index (χ4n) is 5.92. The van der Waals surface area contributed by atoms with Crippen molar-refractivity contribution in [1.29, 1.82) is 5.26 Å². The first-order valence-corrected chi connectivity index (χ1v) is 13.8. The number of carbonyl (C=O) groups excluding carboxylic acids is 2. The summed E-state index contributed by atoms with van der Waals surface area (Å²) in [4.78, 5) is 31.6. The molecule has 1 N–H and O–H groups in total. The highest BCUT2D eigenvalue weighted by Gasteiger charge is 2.49. The van der Waals surface area contributed by atoms with Crippen LogP contribution in [-0.2, 0) is 21.9 Å². The lowest BCUT2D eigenvalue weighted by Gasteiger charge is -2.37. The van der Waals surface area contributed by atoms with E-state index in [1.165, 1.54) is 54.4 Å². The smallest absolute Gasteiger partial charge is 0.368 e. The summed E-state index contributed by atoms with van der Waals surface area (Å²) in [5, 5.41) is 11.7. The Labute approximate surface area is 252 Å². The Morgan fingerprint density at radius 2 is 1.69 bits per heavy atom. The van der Waals surface area contributed by atoms with Crippen LogP contribution in [0.25, 0.3) is 0 Å². The lowest BCUT2D eigenvalue weighted by Crippen LogP contribution is -2.51. The summed E-state index contributed by atoms with van der Waals surface area (Å²) in [6, 6.07) is 9.99. The SMILES string of the molecule is C[C@@H](O[C@H]1CN2C(=O)CC(NC(=O)c3ccc(C#N)nc3)C[C@H]2[C@@H]1c1ccc(F)cc1)c1cc(C(F)(F)F)cc(C(F)(F)F)c1. The second-order valence-corrected chi connectivity index (χ2v) is 11.0. The van der Waals surface area contributed by atoms with E-state index in [-0.39, 0.29) is 48.2 Å². The molecule has 7 nitrogen and oxygen atoms in total. The molecular formula is C31H25F7N4O3. The van der Waals surface area contributed by atoms with Gasteiger partial charge in [-0.25, -0.2) is 9.37 Å². The maximum absolute atomic E-state index is 13.8. The molecule has 0 spiro atoms. The van der Waals surface area contributed by atoms with Gasteiger partial charge in [0, 0.05) is 37.2 Å². The summed E-state index contributed by atoms with van der Waals surface area (Å²) in [5.41, 5.74) is -2.49. The highest BCUT2D eigenvalue weighted by molar-refractivity contribution is 5.94. The number of aromatic nitrogens is 1. The van der Waals surface area contributed by atoms with Gasteiger partial charge in [0.25, 0.3) is 5.91 Å². The number of amides is 2. The molecular weight excluding hydrogens is 609 g/mol. The van der Waals surface area contributed by atoms with E-state index in [4.69, 9.17) is 10.00 Å². The van der Waals surface area contributed by atoms with Crippen molar-refractivity contribution < 1.29 is 45.1 Å². The Kier molecular flexibility index (Phi) is 8.59. The van der Waals surface area contributed by atoms with Gasteiger partial charge in [-0.15, -0.1) is 0 Å². The van der Waals surface area contributed by atoms with Crippen LogP contribution in [0.3, 0.4) is 0 Å². The Balaban J connectivity index is 1.42. The molecule has 2 aliphatic rings. The van der Waals surface area contributed by atoms with E-state index in [1.54, 1.807) is 0 Å². The number of piperidine rings is 1. The molecule has 14 heteroatoms. The number of rotatable bonds is 6. The summed E-state index contributed by atoms with van der Waals surface area (Å²) < 4.78 is 101. The molecule has 0 radical (unpaired) electrons. The van der Waals surface area contributed by atoms with Crippen molar-refractivity contribution in [1.82, 2.24) is 15.2 Å². The maximum atomic E-state index is 13.8. The Hall–Kier alpha value is -4.51. The first kappa shape index (κ1) is 31.9. The van der Waals surface area contributed by atoms with Crippen molar-refractivity contribution in [3.05, 3.63) is 100 Å². The van der Waals surface area contributed by atoms with Crippen molar-refractivity contribution >= 4 is 11.8 Å². The third-order valence-electron chi connectivity index (χ3n) is 8.05. The number of fused-ring (bicyclic) bond motifs is 1. The molecule has 2 fully saturated rings. The molecule has 3 aromatic rings. The van der Waals surface area contributed by atoms with Crippen LogP contribution in [0.1, 0.15) is 70.1 Å².